The van der Waals surface area contributed by atoms with Gasteiger partial charge in [-0.15, -0.1) is 6.42 Å². The molecule has 15 heavy (non-hydrogen) atoms. The van der Waals surface area contributed by atoms with Crippen molar-refractivity contribution in [2.75, 3.05) is 13.2 Å². The Morgan fingerprint density at radius 2 is 2.07 bits per heavy atom. The SMILES string of the molecule is C#CC(NN)c1ccc2c(c1)OCCO2. The number of nitrogens with two attached hydrogens (primary N) is 1. The molecule has 4 heteroatoms. The highest BCUT2D eigenvalue weighted by Gasteiger charge is 2.14. The standard InChI is InChI=1S/C11H12N2O2/c1-2-9(13-12)8-3-4-10-11(7-8)15-6-5-14-10/h1,3-4,7,9,13H,5-6,12H2. The Balaban J connectivity index is 2.32. The zero-order chi connectivity index (χ0) is 10.7. The van der Waals surface area contributed by atoms with Crippen LogP contribution in [-0.2, 0) is 0 Å². The van der Waals surface area contributed by atoms with Gasteiger partial charge in [0.05, 0.1) is 0 Å². The van der Waals surface area contributed by atoms with Crippen molar-refractivity contribution in [2.45, 2.75) is 6.04 Å². The van der Waals surface area contributed by atoms with E-state index in [1.54, 1.807) is 0 Å². The Hall–Kier alpha value is -1.70. The Labute approximate surface area is 88.3 Å². The lowest BCUT2D eigenvalue weighted by atomic mass is 10.1. The third kappa shape index (κ3) is 1.89. The molecule has 1 aromatic rings. The number of hydrogen-bond donors (Lipinski definition) is 2. The monoisotopic (exact) mass is 204 g/mol. The number of rotatable bonds is 2. The minimum absolute atomic E-state index is 0.305. The largest absolute Gasteiger partial charge is 0.486 e. The van der Waals surface area contributed by atoms with Gasteiger partial charge in [0, 0.05) is 0 Å². The molecule has 78 valence electrons. The fourth-order valence-corrected chi connectivity index (χ4v) is 1.48. The number of ether oxygens (including phenoxy) is 2. The first kappa shape index (κ1) is 9.84. The number of nitrogens with one attached hydrogen (secondary N) is 1. The molecular formula is C11H12N2O2. The Morgan fingerprint density at radius 1 is 1.33 bits per heavy atom. The summed E-state index contributed by atoms with van der Waals surface area (Å²) in [6, 6.07) is 5.25. The molecular weight excluding hydrogens is 192 g/mol. The average Bonchev–Trinajstić information content (AvgIpc) is 2.30. The minimum atomic E-state index is -0.305. The van der Waals surface area contributed by atoms with Gasteiger partial charge < -0.3 is 9.47 Å². The molecule has 0 radical (unpaired) electrons. The highest BCUT2D eigenvalue weighted by molar-refractivity contribution is 5.45. The van der Waals surface area contributed by atoms with Crippen LogP contribution in [0, 0.1) is 12.3 Å². The summed E-state index contributed by atoms with van der Waals surface area (Å²) in [4.78, 5) is 0. The molecule has 0 saturated heterocycles. The summed E-state index contributed by atoms with van der Waals surface area (Å²) >= 11 is 0. The molecule has 0 spiro atoms. The van der Waals surface area contributed by atoms with E-state index in [0.29, 0.717) is 19.0 Å². The first-order valence-electron chi connectivity index (χ1n) is 4.67. The van der Waals surface area contributed by atoms with Gasteiger partial charge in [-0.25, -0.2) is 5.43 Å². The maximum atomic E-state index is 5.44. The fraction of sp³-hybridized carbons (Fsp3) is 0.273. The highest BCUT2D eigenvalue weighted by Crippen LogP contribution is 2.32. The van der Waals surface area contributed by atoms with Gasteiger partial charge in [0.25, 0.3) is 0 Å². The molecule has 0 saturated carbocycles. The second kappa shape index (κ2) is 4.22. The van der Waals surface area contributed by atoms with E-state index < -0.39 is 0 Å². The van der Waals surface area contributed by atoms with Gasteiger partial charge in [0.15, 0.2) is 11.5 Å². The first-order chi connectivity index (χ1) is 7.35. The molecule has 0 aliphatic carbocycles. The summed E-state index contributed by atoms with van der Waals surface area (Å²) in [6.07, 6.45) is 5.33. The second-order valence-corrected chi connectivity index (χ2v) is 3.17. The second-order valence-electron chi connectivity index (χ2n) is 3.17. The van der Waals surface area contributed by atoms with Crippen molar-refractivity contribution < 1.29 is 9.47 Å². The molecule has 1 atom stereocenters. The molecule has 1 aromatic carbocycles. The molecule has 4 nitrogen and oxygen atoms in total. The summed E-state index contributed by atoms with van der Waals surface area (Å²) < 4.78 is 10.8. The fourth-order valence-electron chi connectivity index (χ4n) is 1.48. The van der Waals surface area contributed by atoms with Crippen LogP contribution in [0.15, 0.2) is 18.2 Å². The van der Waals surface area contributed by atoms with Crippen LogP contribution in [0.2, 0.25) is 0 Å². The van der Waals surface area contributed by atoms with Gasteiger partial charge in [0.2, 0.25) is 0 Å². The number of terminal acetylenes is 1. The van der Waals surface area contributed by atoms with Crippen molar-refractivity contribution in [3.8, 4) is 23.8 Å². The molecule has 0 fully saturated rings. The van der Waals surface area contributed by atoms with Crippen LogP contribution in [0.5, 0.6) is 11.5 Å². The Kier molecular flexibility index (Phi) is 2.77. The topological polar surface area (TPSA) is 56.5 Å². The summed E-state index contributed by atoms with van der Waals surface area (Å²) in [5, 5.41) is 0. The number of hydrazine groups is 1. The van der Waals surface area contributed by atoms with Crippen molar-refractivity contribution in [1.29, 1.82) is 0 Å². The van der Waals surface area contributed by atoms with Crippen LogP contribution < -0.4 is 20.7 Å². The lowest BCUT2D eigenvalue weighted by Crippen LogP contribution is -2.27. The van der Waals surface area contributed by atoms with Crippen LogP contribution in [0.25, 0.3) is 0 Å². The van der Waals surface area contributed by atoms with Crippen LogP contribution in [-0.4, -0.2) is 13.2 Å². The molecule has 3 N–H and O–H groups in total. The van der Waals surface area contributed by atoms with E-state index in [9.17, 15) is 0 Å². The minimum Gasteiger partial charge on any atom is -0.486 e. The quantitative estimate of drug-likeness (QED) is 0.420. The summed E-state index contributed by atoms with van der Waals surface area (Å²) in [5.74, 6) is 9.33. The lowest BCUT2D eigenvalue weighted by Gasteiger charge is -2.20. The van der Waals surface area contributed by atoms with Gasteiger partial charge >= 0.3 is 0 Å². The zero-order valence-corrected chi connectivity index (χ0v) is 8.19. The third-order valence-corrected chi connectivity index (χ3v) is 2.23. The predicted molar refractivity (Wildman–Crippen MR) is 56.3 cm³/mol. The molecule has 1 aliphatic heterocycles. The Morgan fingerprint density at radius 3 is 2.73 bits per heavy atom. The van der Waals surface area contributed by atoms with Gasteiger partial charge in [0.1, 0.15) is 19.3 Å². The number of benzene rings is 1. The highest BCUT2D eigenvalue weighted by atomic mass is 16.6. The summed E-state index contributed by atoms with van der Waals surface area (Å²) in [5.41, 5.74) is 3.44. The van der Waals surface area contributed by atoms with E-state index in [1.165, 1.54) is 0 Å². The van der Waals surface area contributed by atoms with Gasteiger partial charge in [-0.1, -0.05) is 12.0 Å². The van der Waals surface area contributed by atoms with Gasteiger partial charge in [-0.05, 0) is 17.7 Å². The average molecular weight is 204 g/mol. The van der Waals surface area contributed by atoms with E-state index in [-0.39, 0.29) is 6.04 Å². The first-order valence-corrected chi connectivity index (χ1v) is 4.67. The summed E-state index contributed by atoms with van der Waals surface area (Å²) in [6.45, 7) is 1.15. The van der Waals surface area contributed by atoms with E-state index in [1.807, 2.05) is 18.2 Å². The smallest absolute Gasteiger partial charge is 0.161 e. The number of hydrogen-bond acceptors (Lipinski definition) is 4. The van der Waals surface area contributed by atoms with Crippen molar-refractivity contribution in [3.63, 3.8) is 0 Å². The molecule has 1 unspecified atom stereocenters. The molecule has 0 bridgehead atoms. The molecule has 1 aliphatic rings. The third-order valence-electron chi connectivity index (χ3n) is 2.23. The van der Waals surface area contributed by atoms with Crippen LogP contribution in [0.1, 0.15) is 11.6 Å². The van der Waals surface area contributed by atoms with Crippen LogP contribution >= 0.6 is 0 Å². The van der Waals surface area contributed by atoms with E-state index >= 15 is 0 Å². The molecule has 2 rings (SSSR count). The van der Waals surface area contributed by atoms with Crippen LogP contribution in [0.4, 0.5) is 0 Å². The van der Waals surface area contributed by atoms with Crippen molar-refractivity contribution in [2.24, 2.45) is 5.84 Å². The van der Waals surface area contributed by atoms with E-state index in [2.05, 4.69) is 11.3 Å². The zero-order valence-electron chi connectivity index (χ0n) is 8.19. The lowest BCUT2D eigenvalue weighted by molar-refractivity contribution is 0.171. The van der Waals surface area contributed by atoms with E-state index in [0.717, 1.165) is 11.3 Å². The van der Waals surface area contributed by atoms with E-state index in [4.69, 9.17) is 21.7 Å². The molecule has 0 aromatic heterocycles. The van der Waals surface area contributed by atoms with Crippen LogP contribution in [0.3, 0.4) is 0 Å². The number of fused-ring (bicyclic) bond motifs is 1. The predicted octanol–water partition coefficient (Wildman–Crippen LogP) is 0.595. The molecule has 1 heterocycles. The van der Waals surface area contributed by atoms with Gasteiger partial charge in [-0.3, -0.25) is 5.84 Å². The van der Waals surface area contributed by atoms with Crippen molar-refractivity contribution >= 4 is 0 Å². The van der Waals surface area contributed by atoms with Crippen molar-refractivity contribution in [3.05, 3.63) is 23.8 Å². The summed E-state index contributed by atoms with van der Waals surface area (Å²) in [7, 11) is 0. The van der Waals surface area contributed by atoms with Gasteiger partial charge in [-0.2, -0.15) is 0 Å². The van der Waals surface area contributed by atoms with Crippen molar-refractivity contribution in [1.82, 2.24) is 5.43 Å². The normalized spacial score (nSPS) is 15.5. The maximum Gasteiger partial charge on any atom is 0.161 e. The maximum absolute atomic E-state index is 5.44. The molecule has 0 amide bonds. The Bertz CT molecular complexity index is 398.